The SMILES string of the molecule is COC(=O)c1nc(N(C)c2ccccc2C#N)sc1C. The van der Waals surface area contributed by atoms with Gasteiger partial charge in [-0.15, -0.1) is 11.3 Å². The third-order valence-electron chi connectivity index (χ3n) is 2.84. The summed E-state index contributed by atoms with van der Waals surface area (Å²) in [5.41, 5.74) is 1.62. The van der Waals surface area contributed by atoms with Crippen molar-refractivity contribution in [2.24, 2.45) is 0 Å². The van der Waals surface area contributed by atoms with Gasteiger partial charge in [-0.1, -0.05) is 12.1 Å². The van der Waals surface area contributed by atoms with E-state index in [2.05, 4.69) is 11.1 Å². The summed E-state index contributed by atoms with van der Waals surface area (Å²) in [5, 5.41) is 9.78. The van der Waals surface area contributed by atoms with Gasteiger partial charge in [-0.05, 0) is 19.1 Å². The van der Waals surface area contributed by atoms with Crippen LogP contribution in [0.25, 0.3) is 0 Å². The molecule has 20 heavy (non-hydrogen) atoms. The molecule has 1 aromatic carbocycles. The zero-order valence-electron chi connectivity index (χ0n) is 11.4. The molecule has 0 atom stereocenters. The van der Waals surface area contributed by atoms with Crippen LogP contribution in [0.1, 0.15) is 20.9 Å². The molecule has 5 nitrogen and oxygen atoms in total. The van der Waals surface area contributed by atoms with Crippen LogP contribution in [-0.2, 0) is 4.74 Å². The lowest BCUT2D eigenvalue weighted by atomic mass is 10.2. The van der Waals surface area contributed by atoms with E-state index >= 15 is 0 Å². The number of esters is 1. The van der Waals surface area contributed by atoms with Gasteiger partial charge in [-0.25, -0.2) is 9.78 Å². The summed E-state index contributed by atoms with van der Waals surface area (Å²) < 4.78 is 4.70. The van der Waals surface area contributed by atoms with Gasteiger partial charge in [-0.2, -0.15) is 5.26 Å². The van der Waals surface area contributed by atoms with Gasteiger partial charge in [0.2, 0.25) is 0 Å². The maximum Gasteiger partial charge on any atom is 0.357 e. The highest BCUT2D eigenvalue weighted by Crippen LogP contribution is 2.31. The van der Waals surface area contributed by atoms with Gasteiger partial charge in [0.15, 0.2) is 10.8 Å². The Morgan fingerprint density at radius 1 is 1.45 bits per heavy atom. The van der Waals surface area contributed by atoms with Crippen LogP contribution >= 0.6 is 11.3 Å². The number of hydrogen-bond donors (Lipinski definition) is 0. The van der Waals surface area contributed by atoms with E-state index in [1.807, 2.05) is 32.2 Å². The normalized spacial score (nSPS) is 9.90. The van der Waals surface area contributed by atoms with Crippen LogP contribution in [-0.4, -0.2) is 25.1 Å². The van der Waals surface area contributed by atoms with Crippen molar-refractivity contribution in [1.82, 2.24) is 4.98 Å². The molecule has 2 rings (SSSR count). The number of anilines is 2. The Hall–Kier alpha value is -2.39. The second-order valence-electron chi connectivity index (χ2n) is 4.08. The van der Waals surface area contributed by atoms with Gasteiger partial charge in [0.25, 0.3) is 0 Å². The first-order valence-corrected chi connectivity index (χ1v) is 6.68. The van der Waals surface area contributed by atoms with Crippen molar-refractivity contribution in [2.75, 3.05) is 19.1 Å². The number of benzene rings is 1. The molecule has 0 fully saturated rings. The maximum absolute atomic E-state index is 11.6. The Bertz CT molecular complexity index is 688. The lowest BCUT2D eigenvalue weighted by Gasteiger charge is -2.16. The first kappa shape index (κ1) is 14.0. The summed E-state index contributed by atoms with van der Waals surface area (Å²) in [6.07, 6.45) is 0. The molecule has 0 unspecified atom stereocenters. The summed E-state index contributed by atoms with van der Waals surface area (Å²) in [6, 6.07) is 9.39. The molecule has 0 aliphatic rings. The van der Waals surface area contributed by atoms with Crippen LogP contribution in [0.15, 0.2) is 24.3 Å². The van der Waals surface area contributed by atoms with E-state index in [1.54, 1.807) is 11.0 Å². The number of aryl methyl sites for hydroxylation is 1. The molecule has 102 valence electrons. The van der Waals surface area contributed by atoms with Crippen molar-refractivity contribution in [3.8, 4) is 6.07 Å². The van der Waals surface area contributed by atoms with Crippen LogP contribution in [0.3, 0.4) is 0 Å². The lowest BCUT2D eigenvalue weighted by molar-refractivity contribution is 0.0594. The molecular formula is C14H13N3O2S. The first-order chi connectivity index (χ1) is 9.58. The van der Waals surface area contributed by atoms with Crippen LogP contribution in [0.4, 0.5) is 10.8 Å². The minimum absolute atomic E-state index is 0.314. The van der Waals surface area contributed by atoms with Gasteiger partial charge >= 0.3 is 5.97 Å². The molecule has 0 aliphatic heterocycles. The van der Waals surface area contributed by atoms with Gasteiger partial charge in [0, 0.05) is 11.9 Å². The number of nitriles is 1. The smallest absolute Gasteiger partial charge is 0.357 e. The molecule has 0 amide bonds. The molecule has 0 N–H and O–H groups in total. The zero-order valence-corrected chi connectivity index (χ0v) is 12.2. The van der Waals surface area contributed by atoms with E-state index in [-0.39, 0.29) is 0 Å². The van der Waals surface area contributed by atoms with E-state index in [9.17, 15) is 4.79 Å². The number of nitrogens with zero attached hydrogens (tertiary/aromatic N) is 3. The van der Waals surface area contributed by atoms with E-state index < -0.39 is 5.97 Å². The lowest BCUT2D eigenvalue weighted by Crippen LogP contribution is -2.11. The second kappa shape index (κ2) is 5.72. The van der Waals surface area contributed by atoms with Crippen molar-refractivity contribution >= 4 is 28.1 Å². The summed E-state index contributed by atoms with van der Waals surface area (Å²) in [6.45, 7) is 1.82. The molecule has 2 aromatic rings. The molecule has 6 heteroatoms. The topological polar surface area (TPSA) is 66.2 Å². The molecular weight excluding hydrogens is 274 g/mol. The van der Waals surface area contributed by atoms with Crippen molar-refractivity contribution in [1.29, 1.82) is 5.26 Å². The van der Waals surface area contributed by atoms with Gasteiger partial charge in [-0.3, -0.25) is 0 Å². The van der Waals surface area contributed by atoms with Gasteiger partial charge in [0.1, 0.15) is 6.07 Å². The van der Waals surface area contributed by atoms with Crippen molar-refractivity contribution < 1.29 is 9.53 Å². The second-order valence-corrected chi connectivity index (χ2v) is 5.26. The minimum Gasteiger partial charge on any atom is -0.464 e. The highest BCUT2D eigenvalue weighted by atomic mass is 32.1. The monoisotopic (exact) mass is 287 g/mol. The van der Waals surface area contributed by atoms with Crippen LogP contribution in [0.5, 0.6) is 0 Å². The molecule has 0 aliphatic carbocycles. The summed E-state index contributed by atoms with van der Waals surface area (Å²) in [7, 11) is 3.14. The Morgan fingerprint density at radius 2 is 2.15 bits per heavy atom. The summed E-state index contributed by atoms with van der Waals surface area (Å²) in [5.74, 6) is -0.452. The molecule has 0 radical (unpaired) electrons. The summed E-state index contributed by atoms with van der Waals surface area (Å²) >= 11 is 1.38. The number of aromatic nitrogens is 1. The van der Waals surface area contributed by atoms with E-state index in [0.717, 1.165) is 10.6 Å². The number of ether oxygens (including phenoxy) is 1. The predicted octanol–water partition coefficient (Wildman–Crippen LogP) is 2.88. The van der Waals surface area contributed by atoms with E-state index in [4.69, 9.17) is 10.00 Å². The van der Waals surface area contributed by atoms with E-state index in [1.165, 1.54) is 18.4 Å². The van der Waals surface area contributed by atoms with Gasteiger partial charge in [0.05, 0.1) is 18.4 Å². The fraction of sp³-hybridized carbons (Fsp3) is 0.214. The third kappa shape index (κ3) is 2.49. The molecule has 0 spiro atoms. The minimum atomic E-state index is -0.452. The number of rotatable bonds is 3. The number of carbonyl (C=O) groups excluding carboxylic acids is 1. The van der Waals surface area contributed by atoms with Crippen LogP contribution in [0.2, 0.25) is 0 Å². The van der Waals surface area contributed by atoms with Crippen molar-refractivity contribution in [2.45, 2.75) is 6.92 Å². The average Bonchev–Trinajstić information content (AvgIpc) is 2.87. The zero-order chi connectivity index (χ0) is 14.7. The quantitative estimate of drug-likeness (QED) is 0.812. The Labute approximate surface area is 121 Å². The average molecular weight is 287 g/mol. The highest BCUT2D eigenvalue weighted by molar-refractivity contribution is 7.15. The summed E-state index contributed by atoms with van der Waals surface area (Å²) in [4.78, 5) is 18.5. The number of thiazole rings is 1. The Morgan fingerprint density at radius 3 is 2.80 bits per heavy atom. The number of methoxy groups -OCH3 is 1. The molecule has 0 saturated carbocycles. The van der Waals surface area contributed by atoms with Crippen LogP contribution in [0, 0.1) is 18.3 Å². The molecule has 0 bridgehead atoms. The largest absolute Gasteiger partial charge is 0.464 e. The number of para-hydroxylation sites is 1. The van der Waals surface area contributed by atoms with Crippen molar-refractivity contribution in [3.05, 3.63) is 40.4 Å². The Kier molecular flexibility index (Phi) is 4.01. The molecule has 1 aromatic heterocycles. The highest BCUT2D eigenvalue weighted by Gasteiger charge is 2.19. The maximum atomic E-state index is 11.6. The van der Waals surface area contributed by atoms with Crippen molar-refractivity contribution in [3.63, 3.8) is 0 Å². The van der Waals surface area contributed by atoms with Gasteiger partial charge < -0.3 is 9.64 Å². The van der Waals surface area contributed by atoms with E-state index in [0.29, 0.717) is 16.4 Å². The number of carbonyl (C=O) groups is 1. The third-order valence-corrected chi connectivity index (χ3v) is 3.88. The fourth-order valence-corrected chi connectivity index (χ4v) is 2.65. The van der Waals surface area contributed by atoms with Crippen LogP contribution < -0.4 is 4.90 Å². The molecule has 1 heterocycles. The number of hydrogen-bond acceptors (Lipinski definition) is 6. The fourth-order valence-electron chi connectivity index (χ4n) is 1.78. The predicted molar refractivity (Wildman–Crippen MR) is 77.4 cm³/mol. The Balaban J connectivity index is 2.42. The first-order valence-electron chi connectivity index (χ1n) is 5.87. The molecule has 0 saturated heterocycles. The standard InChI is InChI=1S/C14H13N3O2S/c1-9-12(13(18)19-3)16-14(20-9)17(2)11-7-5-4-6-10(11)8-15/h4-7H,1-3H3.